The van der Waals surface area contributed by atoms with E-state index in [4.69, 9.17) is 21.1 Å². The predicted molar refractivity (Wildman–Crippen MR) is 50.6 cm³/mol. The normalized spacial score (nSPS) is 10.8. The van der Waals surface area contributed by atoms with E-state index in [1.54, 1.807) is 12.1 Å². The van der Waals surface area contributed by atoms with Gasteiger partial charge in [0.2, 0.25) is 5.22 Å². The van der Waals surface area contributed by atoms with E-state index in [0.29, 0.717) is 10.8 Å². The van der Waals surface area contributed by atoms with Crippen LogP contribution in [0.5, 0.6) is 5.75 Å². The molecule has 1 heterocycles. The highest BCUT2D eigenvalue weighted by Crippen LogP contribution is 2.35. The van der Waals surface area contributed by atoms with Gasteiger partial charge in [-0.05, 0) is 39.7 Å². The molecule has 0 saturated heterocycles. The second-order valence-corrected chi connectivity index (χ2v) is 3.51. The van der Waals surface area contributed by atoms with Gasteiger partial charge in [0, 0.05) is 11.5 Å². The fourth-order valence-electron chi connectivity index (χ4n) is 1.02. The molecule has 1 aromatic heterocycles. The summed E-state index contributed by atoms with van der Waals surface area (Å²) >= 11 is 8.98. The van der Waals surface area contributed by atoms with Gasteiger partial charge in [-0.2, -0.15) is 0 Å². The quantitative estimate of drug-likeness (QED) is 0.772. The largest absolute Gasteiger partial charge is 0.508 e. The Hall–Kier alpha value is -0.670. The second-order valence-electron chi connectivity index (χ2n) is 2.37. The first-order valence-corrected chi connectivity index (χ1v) is 4.42. The molecule has 0 radical (unpaired) electrons. The lowest BCUT2D eigenvalue weighted by Crippen LogP contribution is -1.64. The summed E-state index contributed by atoms with van der Waals surface area (Å²) in [7, 11) is 0. The minimum atomic E-state index is 0.167. The Kier molecular flexibility index (Phi) is 1.77. The van der Waals surface area contributed by atoms with Crippen LogP contribution in [-0.2, 0) is 0 Å². The molecule has 2 nitrogen and oxygen atoms in total. The topological polar surface area (TPSA) is 33.4 Å². The van der Waals surface area contributed by atoms with Gasteiger partial charge in [0.05, 0.1) is 4.47 Å². The first kappa shape index (κ1) is 7.95. The van der Waals surface area contributed by atoms with Crippen LogP contribution in [0, 0.1) is 0 Å². The van der Waals surface area contributed by atoms with E-state index >= 15 is 0 Å². The van der Waals surface area contributed by atoms with Crippen molar-refractivity contribution in [2.75, 3.05) is 0 Å². The summed E-state index contributed by atoms with van der Waals surface area (Å²) in [5.74, 6) is 0.167. The SMILES string of the molecule is Oc1ccc2c(Br)c(Cl)oc2c1. The molecule has 2 aromatic rings. The van der Waals surface area contributed by atoms with Gasteiger partial charge in [0.1, 0.15) is 11.3 Å². The molecule has 0 aliphatic carbocycles. The molecule has 0 unspecified atom stereocenters. The zero-order valence-electron chi connectivity index (χ0n) is 5.84. The molecule has 0 atom stereocenters. The van der Waals surface area contributed by atoms with E-state index in [1.807, 2.05) is 0 Å². The van der Waals surface area contributed by atoms with Crippen molar-refractivity contribution in [2.24, 2.45) is 0 Å². The number of furan rings is 1. The van der Waals surface area contributed by atoms with Gasteiger partial charge in [0.15, 0.2) is 0 Å². The van der Waals surface area contributed by atoms with Gasteiger partial charge >= 0.3 is 0 Å². The maximum atomic E-state index is 9.11. The number of halogens is 2. The third-order valence-electron chi connectivity index (χ3n) is 1.57. The van der Waals surface area contributed by atoms with E-state index in [0.717, 1.165) is 9.86 Å². The summed E-state index contributed by atoms with van der Waals surface area (Å²) in [4.78, 5) is 0. The maximum Gasteiger partial charge on any atom is 0.208 e. The van der Waals surface area contributed by atoms with Crippen molar-refractivity contribution < 1.29 is 9.52 Å². The number of benzene rings is 1. The smallest absolute Gasteiger partial charge is 0.208 e. The van der Waals surface area contributed by atoms with Gasteiger partial charge in [-0.25, -0.2) is 0 Å². The predicted octanol–water partition coefficient (Wildman–Crippen LogP) is 3.55. The third-order valence-corrected chi connectivity index (χ3v) is 2.86. The molecule has 12 heavy (non-hydrogen) atoms. The molecule has 2 rings (SSSR count). The fraction of sp³-hybridized carbons (Fsp3) is 0. The summed E-state index contributed by atoms with van der Waals surface area (Å²) in [5, 5.41) is 10.3. The molecule has 0 aliphatic heterocycles. The summed E-state index contributed by atoms with van der Waals surface area (Å²) in [6.45, 7) is 0. The van der Waals surface area contributed by atoms with Gasteiger partial charge in [0.25, 0.3) is 0 Å². The number of fused-ring (bicyclic) bond motifs is 1. The Bertz CT molecular complexity index is 436. The lowest BCUT2D eigenvalue weighted by molar-refractivity contribution is 0.474. The van der Waals surface area contributed by atoms with Crippen molar-refractivity contribution in [3.05, 3.63) is 27.9 Å². The maximum absolute atomic E-state index is 9.11. The first-order valence-electron chi connectivity index (χ1n) is 3.25. The molecule has 1 N–H and O–H groups in total. The molecular formula is C8H4BrClO2. The highest BCUT2D eigenvalue weighted by Gasteiger charge is 2.09. The number of hydrogen-bond acceptors (Lipinski definition) is 2. The summed E-state index contributed by atoms with van der Waals surface area (Å²) in [6, 6.07) is 4.84. The van der Waals surface area contributed by atoms with E-state index in [1.165, 1.54) is 6.07 Å². The van der Waals surface area contributed by atoms with Crippen molar-refractivity contribution in [3.8, 4) is 5.75 Å². The second kappa shape index (κ2) is 2.68. The highest BCUT2D eigenvalue weighted by molar-refractivity contribution is 9.10. The van der Waals surface area contributed by atoms with Crippen LogP contribution >= 0.6 is 27.5 Å². The van der Waals surface area contributed by atoms with Crippen LogP contribution in [0.1, 0.15) is 0 Å². The first-order chi connectivity index (χ1) is 5.68. The van der Waals surface area contributed by atoms with Crippen LogP contribution in [0.2, 0.25) is 5.22 Å². The van der Waals surface area contributed by atoms with Crippen LogP contribution in [0.4, 0.5) is 0 Å². The van der Waals surface area contributed by atoms with Crippen LogP contribution in [0.25, 0.3) is 11.0 Å². The van der Waals surface area contributed by atoms with Crippen molar-refractivity contribution in [1.82, 2.24) is 0 Å². The molecule has 0 amide bonds. The fourth-order valence-corrected chi connectivity index (χ4v) is 1.62. The lowest BCUT2D eigenvalue weighted by atomic mass is 10.2. The molecule has 0 fully saturated rings. The minimum absolute atomic E-state index is 0.167. The van der Waals surface area contributed by atoms with Crippen molar-refractivity contribution in [2.45, 2.75) is 0 Å². The van der Waals surface area contributed by atoms with Crippen molar-refractivity contribution >= 4 is 38.5 Å². The summed E-state index contributed by atoms with van der Waals surface area (Å²) in [5.41, 5.74) is 0.576. The van der Waals surface area contributed by atoms with Crippen LogP contribution in [0.15, 0.2) is 27.1 Å². The molecule has 4 heteroatoms. The molecular weight excluding hydrogens is 243 g/mol. The molecule has 0 spiro atoms. The highest BCUT2D eigenvalue weighted by atomic mass is 79.9. The lowest BCUT2D eigenvalue weighted by Gasteiger charge is -1.89. The third kappa shape index (κ3) is 1.09. The average molecular weight is 247 g/mol. The van der Waals surface area contributed by atoms with Crippen LogP contribution < -0.4 is 0 Å². The number of phenolic OH excluding ortho intramolecular Hbond substituents is 1. The van der Waals surface area contributed by atoms with E-state index in [9.17, 15) is 0 Å². The van der Waals surface area contributed by atoms with Crippen LogP contribution in [-0.4, -0.2) is 5.11 Å². The molecule has 0 aliphatic rings. The van der Waals surface area contributed by atoms with E-state index in [-0.39, 0.29) is 5.75 Å². The number of phenols is 1. The Morgan fingerprint density at radius 3 is 2.92 bits per heavy atom. The standard InChI is InChI=1S/C8H4BrClO2/c9-7-5-2-1-4(11)3-6(5)12-8(7)10/h1-3,11H. The summed E-state index contributed by atoms with van der Waals surface area (Å²) < 4.78 is 5.86. The van der Waals surface area contributed by atoms with Crippen LogP contribution in [0.3, 0.4) is 0 Å². The van der Waals surface area contributed by atoms with E-state index < -0.39 is 0 Å². The Labute approximate surface area is 81.9 Å². The zero-order valence-corrected chi connectivity index (χ0v) is 8.19. The van der Waals surface area contributed by atoms with Gasteiger partial charge in [-0.3, -0.25) is 0 Å². The molecule has 62 valence electrons. The number of rotatable bonds is 0. The molecule has 0 saturated carbocycles. The molecule has 1 aromatic carbocycles. The average Bonchev–Trinajstić information content (AvgIpc) is 2.28. The monoisotopic (exact) mass is 246 g/mol. The van der Waals surface area contributed by atoms with E-state index in [2.05, 4.69) is 15.9 Å². The molecule has 0 bridgehead atoms. The Morgan fingerprint density at radius 2 is 2.17 bits per heavy atom. The van der Waals surface area contributed by atoms with Gasteiger partial charge in [-0.15, -0.1) is 0 Å². The Balaban J connectivity index is 2.87. The Morgan fingerprint density at radius 1 is 1.42 bits per heavy atom. The number of hydrogen-bond donors (Lipinski definition) is 1. The summed E-state index contributed by atoms with van der Waals surface area (Å²) in [6.07, 6.45) is 0. The van der Waals surface area contributed by atoms with Gasteiger partial charge in [-0.1, -0.05) is 0 Å². The number of aromatic hydroxyl groups is 1. The zero-order chi connectivity index (χ0) is 8.72. The van der Waals surface area contributed by atoms with Gasteiger partial charge < -0.3 is 9.52 Å². The van der Waals surface area contributed by atoms with Crippen molar-refractivity contribution in [3.63, 3.8) is 0 Å². The van der Waals surface area contributed by atoms with Crippen molar-refractivity contribution in [1.29, 1.82) is 0 Å². The minimum Gasteiger partial charge on any atom is -0.508 e.